The summed E-state index contributed by atoms with van der Waals surface area (Å²) in [6.07, 6.45) is 5.85. The lowest BCUT2D eigenvalue weighted by atomic mass is 9.85. The van der Waals surface area contributed by atoms with E-state index in [1.807, 2.05) is 0 Å². The number of urea groups is 1. The van der Waals surface area contributed by atoms with E-state index in [1.165, 1.54) is 4.90 Å². The summed E-state index contributed by atoms with van der Waals surface area (Å²) < 4.78 is 0. The highest BCUT2D eigenvalue weighted by atomic mass is 16.2. The maximum atomic E-state index is 12.9. The maximum Gasteiger partial charge on any atom is 0.329 e. The predicted octanol–water partition coefficient (Wildman–Crippen LogP) is 0.841. The minimum atomic E-state index is -1.01. The maximum absolute atomic E-state index is 12.9. The molecule has 2 heterocycles. The number of hydrogen-bond donors (Lipinski definition) is 1. The van der Waals surface area contributed by atoms with Crippen molar-refractivity contribution >= 4 is 23.6 Å². The van der Waals surface area contributed by atoms with Crippen LogP contribution in [0.4, 0.5) is 4.79 Å². The molecule has 2 saturated carbocycles. The van der Waals surface area contributed by atoms with Crippen molar-refractivity contribution in [3.63, 3.8) is 0 Å². The number of nitrogens with zero attached hydrogens (tertiary/aromatic N) is 4. The van der Waals surface area contributed by atoms with Crippen LogP contribution in [0.2, 0.25) is 0 Å². The van der Waals surface area contributed by atoms with Crippen LogP contribution in [-0.4, -0.2) is 51.2 Å². The average molecular weight is 289 g/mol. The normalized spacial score (nSPS) is 33.4. The smallest absolute Gasteiger partial charge is 0.329 e. The number of amides is 3. The molecule has 1 saturated heterocycles. The average Bonchev–Trinajstić information content (AvgIpc) is 2.61. The molecule has 0 radical (unpaired) electrons. The fourth-order valence-electron chi connectivity index (χ4n) is 3.57. The molecule has 4 rings (SSSR count). The first-order chi connectivity index (χ1) is 10.0. The largest absolute Gasteiger partial charge is 0.368 e. The molecule has 112 valence electrons. The van der Waals surface area contributed by atoms with E-state index < -0.39 is 5.66 Å². The summed E-state index contributed by atoms with van der Waals surface area (Å²) >= 11 is 0. The van der Waals surface area contributed by atoms with Crippen LogP contribution in [0.25, 0.3) is 0 Å². The summed E-state index contributed by atoms with van der Waals surface area (Å²) in [7, 11) is 0. The van der Waals surface area contributed by atoms with Gasteiger partial charge in [-0.05, 0) is 45.4 Å². The van der Waals surface area contributed by atoms with Crippen molar-refractivity contribution in [1.29, 1.82) is 0 Å². The Morgan fingerprint density at radius 1 is 1.14 bits per heavy atom. The Labute approximate surface area is 122 Å². The first kappa shape index (κ1) is 12.8. The van der Waals surface area contributed by atoms with Crippen LogP contribution < -0.4 is 5.73 Å². The molecule has 0 spiro atoms. The van der Waals surface area contributed by atoms with E-state index in [4.69, 9.17) is 5.73 Å². The fourth-order valence-corrected chi connectivity index (χ4v) is 3.57. The number of guanidine groups is 1. The lowest BCUT2D eigenvalue weighted by molar-refractivity contribution is -0.128. The first-order valence-electron chi connectivity index (χ1n) is 7.64. The van der Waals surface area contributed by atoms with Gasteiger partial charge in [0.05, 0.1) is 0 Å². The molecule has 2 aliphatic heterocycles. The van der Waals surface area contributed by atoms with E-state index in [9.17, 15) is 9.59 Å². The number of aliphatic imine (C=N–C) groups is 2. The summed E-state index contributed by atoms with van der Waals surface area (Å²) in [5.74, 6) is -0.222. The van der Waals surface area contributed by atoms with Crippen LogP contribution in [0.1, 0.15) is 45.4 Å². The quantitative estimate of drug-likeness (QED) is 0.816. The van der Waals surface area contributed by atoms with E-state index in [-0.39, 0.29) is 30.0 Å². The second-order valence-electron chi connectivity index (χ2n) is 6.45. The molecule has 0 aromatic heterocycles. The van der Waals surface area contributed by atoms with Crippen LogP contribution in [0.5, 0.6) is 0 Å². The monoisotopic (exact) mass is 289 g/mol. The number of nitrogens with two attached hydrogens (primary N) is 1. The van der Waals surface area contributed by atoms with Gasteiger partial charge in [0.2, 0.25) is 5.96 Å². The summed E-state index contributed by atoms with van der Waals surface area (Å²) in [4.78, 5) is 37.2. The topological polar surface area (TPSA) is 91.4 Å². The number of carbonyl (C=O) groups is 2. The van der Waals surface area contributed by atoms with Gasteiger partial charge in [-0.15, -0.1) is 0 Å². The van der Waals surface area contributed by atoms with Crippen LogP contribution in [0.3, 0.4) is 0 Å². The van der Waals surface area contributed by atoms with Crippen molar-refractivity contribution in [3.8, 4) is 0 Å². The molecule has 0 aromatic carbocycles. The second kappa shape index (κ2) is 4.05. The van der Waals surface area contributed by atoms with Crippen molar-refractivity contribution in [1.82, 2.24) is 9.80 Å². The van der Waals surface area contributed by atoms with Gasteiger partial charge in [0, 0.05) is 12.1 Å². The molecule has 2 N–H and O–H groups in total. The third kappa shape index (κ3) is 1.54. The lowest BCUT2D eigenvalue weighted by Crippen LogP contribution is -2.72. The van der Waals surface area contributed by atoms with E-state index in [1.54, 1.807) is 11.8 Å². The van der Waals surface area contributed by atoms with E-state index in [0.29, 0.717) is 5.71 Å². The Bertz CT molecular complexity index is 590. The SMILES string of the molecule is CC12N=C(N)N=C1C(=O)N(C1CCC1)C(=O)N2C1CCC1. The molecule has 1 unspecified atom stereocenters. The summed E-state index contributed by atoms with van der Waals surface area (Å²) in [5, 5.41) is 0. The Morgan fingerprint density at radius 2 is 1.76 bits per heavy atom. The van der Waals surface area contributed by atoms with Crippen LogP contribution in [0, 0.1) is 0 Å². The molecule has 3 amide bonds. The van der Waals surface area contributed by atoms with Crippen LogP contribution in [0.15, 0.2) is 9.98 Å². The van der Waals surface area contributed by atoms with Gasteiger partial charge in [-0.3, -0.25) is 14.6 Å². The molecule has 3 fully saturated rings. The molecular weight excluding hydrogens is 270 g/mol. The van der Waals surface area contributed by atoms with Crippen molar-refractivity contribution in [3.05, 3.63) is 0 Å². The first-order valence-corrected chi connectivity index (χ1v) is 7.64. The third-order valence-electron chi connectivity index (χ3n) is 5.19. The van der Waals surface area contributed by atoms with Crippen molar-refractivity contribution in [2.45, 2.75) is 63.2 Å². The number of carbonyl (C=O) groups excluding carboxylic acids is 2. The highest BCUT2D eigenvalue weighted by molar-refractivity contribution is 6.48. The zero-order chi connectivity index (χ0) is 14.8. The van der Waals surface area contributed by atoms with E-state index in [2.05, 4.69) is 9.98 Å². The zero-order valence-electron chi connectivity index (χ0n) is 12.1. The Kier molecular flexibility index (Phi) is 2.47. The molecule has 0 aromatic rings. The fraction of sp³-hybridized carbons (Fsp3) is 0.714. The molecule has 2 aliphatic carbocycles. The van der Waals surface area contributed by atoms with Gasteiger partial charge in [0.25, 0.3) is 5.91 Å². The number of imide groups is 1. The van der Waals surface area contributed by atoms with Gasteiger partial charge >= 0.3 is 6.03 Å². The molecule has 7 nitrogen and oxygen atoms in total. The Hall–Kier alpha value is -1.92. The summed E-state index contributed by atoms with van der Waals surface area (Å²) in [6.45, 7) is 1.78. The molecular formula is C14H19N5O2. The van der Waals surface area contributed by atoms with E-state index >= 15 is 0 Å². The Balaban J connectivity index is 1.78. The van der Waals surface area contributed by atoms with Gasteiger partial charge in [-0.1, -0.05) is 0 Å². The van der Waals surface area contributed by atoms with E-state index in [0.717, 1.165) is 38.5 Å². The highest BCUT2D eigenvalue weighted by Gasteiger charge is 2.58. The molecule has 7 heteroatoms. The summed E-state index contributed by atoms with van der Waals surface area (Å²) in [6, 6.07) is -0.0611. The van der Waals surface area contributed by atoms with Gasteiger partial charge < -0.3 is 5.73 Å². The summed E-state index contributed by atoms with van der Waals surface area (Å²) in [5.41, 5.74) is 5.02. The van der Waals surface area contributed by atoms with Crippen molar-refractivity contribution in [2.24, 2.45) is 15.7 Å². The molecule has 4 aliphatic rings. The van der Waals surface area contributed by atoms with Gasteiger partial charge in [-0.2, -0.15) is 0 Å². The minimum Gasteiger partial charge on any atom is -0.368 e. The number of hydrogen-bond acceptors (Lipinski definition) is 5. The van der Waals surface area contributed by atoms with Gasteiger partial charge in [-0.25, -0.2) is 14.8 Å². The minimum absolute atomic E-state index is 0.0154. The predicted molar refractivity (Wildman–Crippen MR) is 76.8 cm³/mol. The van der Waals surface area contributed by atoms with Crippen LogP contribution in [-0.2, 0) is 4.79 Å². The zero-order valence-corrected chi connectivity index (χ0v) is 12.1. The van der Waals surface area contributed by atoms with Crippen molar-refractivity contribution < 1.29 is 9.59 Å². The molecule has 21 heavy (non-hydrogen) atoms. The molecule has 1 atom stereocenters. The highest BCUT2D eigenvalue weighted by Crippen LogP contribution is 2.40. The number of fused-ring (bicyclic) bond motifs is 1. The van der Waals surface area contributed by atoms with Crippen molar-refractivity contribution in [2.75, 3.05) is 0 Å². The Morgan fingerprint density at radius 3 is 2.29 bits per heavy atom. The third-order valence-corrected chi connectivity index (χ3v) is 5.19. The number of rotatable bonds is 2. The lowest BCUT2D eigenvalue weighted by Gasteiger charge is -2.52. The van der Waals surface area contributed by atoms with Crippen LogP contribution >= 0.6 is 0 Å². The molecule has 0 bridgehead atoms. The standard InChI is InChI=1S/C14H19N5O2/c1-14-10(16-12(15)17-14)11(20)18(8-4-2-5-8)13(21)19(14)9-6-3-7-9/h8-9H,2-7H2,1H3,(H2,15,17). The van der Waals surface area contributed by atoms with Gasteiger partial charge in [0.1, 0.15) is 0 Å². The second-order valence-corrected chi connectivity index (χ2v) is 6.45. The van der Waals surface area contributed by atoms with Gasteiger partial charge in [0.15, 0.2) is 11.4 Å².